The van der Waals surface area contributed by atoms with Gasteiger partial charge in [-0.1, -0.05) is 18.2 Å². The van der Waals surface area contributed by atoms with E-state index in [4.69, 9.17) is 12.2 Å². The molecule has 0 amide bonds. The van der Waals surface area contributed by atoms with Gasteiger partial charge >= 0.3 is 5.97 Å². The van der Waals surface area contributed by atoms with Gasteiger partial charge < -0.3 is 5.11 Å². The maximum Gasteiger partial charge on any atom is 0.336 e. The van der Waals surface area contributed by atoms with Crippen LogP contribution in [0.4, 0.5) is 4.39 Å². The van der Waals surface area contributed by atoms with E-state index in [1.165, 1.54) is 29.1 Å². The molecule has 0 saturated carbocycles. The second-order valence-electron chi connectivity index (χ2n) is 4.81. The number of rotatable bonds is 4. The number of nitrogens with one attached hydrogen (secondary N) is 1. The Morgan fingerprint density at radius 1 is 1.25 bits per heavy atom. The average molecular weight is 342 g/mol. The third-order valence-corrected chi connectivity index (χ3v) is 3.52. The summed E-state index contributed by atoms with van der Waals surface area (Å²) >= 11 is 5.14. The molecule has 3 rings (SSSR count). The van der Waals surface area contributed by atoms with E-state index >= 15 is 0 Å². The lowest BCUT2D eigenvalue weighted by atomic mass is 10.1. The Labute approximate surface area is 140 Å². The lowest BCUT2D eigenvalue weighted by Crippen LogP contribution is -2.02. The molecule has 0 bridgehead atoms. The van der Waals surface area contributed by atoms with Crippen molar-refractivity contribution < 1.29 is 14.3 Å². The number of benzene rings is 2. The van der Waals surface area contributed by atoms with Crippen molar-refractivity contribution >= 4 is 24.4 Å². The standard InChI is InChI=1S/C16H11FN4O2S/c17-12-7-5-10(6-8-12)14-19-20-16(24)21(14)18-9-11-3-1-2-4-13(11)15(22)23/h1-9H,(H,20,24)(H,22,23)/b18-9-. The normalized spacial score (nSPS) is 11.0. The number of carbonyl (C=O) groups is 1. The first-order chi connectivity index (χ1) is 11.6. The van der Waals surface area contributed by atoms with Crippen LogP contribution in [0.3, 0.4) is 0 Å². The van der Waals surface area contributed by atoms with Gasteiger partial charge in [0.05, 0.1) is 11.8 Å². The van der Waals surface area contributed by atoms with Crippen molar-refractivity contribution in [3.8, 4) is 11.4 Å². The smallest absolute Gasteiger partial charge is 0.336 e. The molecular formula is C16H11FN4O2S. The molecule has 0 atom stereocenters. The summed E-state index contributed by atoms with van der Waals surface area (Å²) in [6.45, 7) is 0. The summed E-state index contributed by atoms with van der Waals surface area (Å²) in [7, 11) is 0. The van der Waals surface area contributed by atoms with Gasteiger partial charge in [0.15, 0.2) is 5.82 Å². The van der Waals surface area contributed by atoms with Crippen LogP contribution in [0.5, 0.6) is 0 Å². The molecule has 8 heteroatoms. The van der Waals surface area contributed by atoms with Crippen LogP contribution in [0.15, 0.2) is 53.6 Å². The third kappa shape index (κ3) is 3.13. The van der Waals surface area contributed by atoms with Gasteiger partial charge in [-0.2, -0.15) is 14.9 Å². The molecule has 2 N–H and O–H groups in total. The van der Waals surface area contributed by atoms with Gasteiger partial charge in [0.1, 0.15) is 5.82 Å². The minimum absolute atomic E-state index is 0.125. The monoisotopic (exact) mass is 342 g/mol. The van der Waals surface area contributed by atoms with Crippen LogP contribution >= 0.6 is 12.2 Å². The highest BCUT2D eigenvalue weighted by atomic mass is 32.1. The molecule has 0 fully saturated rings. The van der Waals surface area contributed by atoms with Gasteiger partial charge in [0, 0.05) is 11.1 Å². The van der Waals surface area contributed by atoms with E-state index in [1.54, 1.807) is 30.3 Å². The van der Waals surface area contributed by atoms with E-state index in [9.17, 15) is 14.3 Å². The van der Waals surface area contributed by atoms with Crippen LogP contribution < -0.4 is 0 Å². The van der Waals surface area contributed by atoms with E-state index in [2.05, 4.69) is 15.3 Å². The lowest BCUT2D eigenvalue weighted by Gasteiger charge is -2.02. The van der Waals surface area contributed by atoms with Crippen molar-refractivity contribution in [2.45, 2.75) is 0 Å². The van der Waals surface area contributed by atoms with Crippen LogP contribution in [0, 0.1) is 10.6 Å². The van der Waals surface area contributed by atoms with E-state index in [-0.39, 0.29) is 16.2 Å². The van der Waals surface area contributed by atoms with Crippen LogP contribution in [0.1, 0.15) is 15.9 Å². The van der Waals surface area contributed by atoms with Crippen molar-refractivity contribution in [2.75, 3.05) is 0 Å². The van der Waals surface area contributed by atoms with Crippen LogP contribution in [-0.4, -0.2) is 32.2 Å². The van der Waals surface area contributed by atoms with Crippen molar-refractivity contribution in [3.63, 3.8) is 0 Å². The number of aromatic amines is 1. The van der Waals surface area contributed by atoms with E-state index in [1.807, 2.05) is 0 Å². The molecule has 3 aromatic rings. The molecule has 24 heavy (non-hydrogen) atoms. The number of H-pyrrole nitrogens is 1. The molecule has 1 aromatic heterocycles. The SMILES string of the molecule is O=C(O)c1ccccc1/C=N\n1c(-c2ccc(F)cc2)n[nH]c1=S. The van der Waals surface area contributed by atoms with E-state index in [0.717, 1.165) is 0 Å². The van der Waals surface area contributed by atoms with Gasteiger partial charge in [0.2, 0.25) is 4.77 Å². The first-order valence-corrected chi connectivity index (χ1v) is 7.27. The minimum Gasteiger partial charge on any atom is -0.478 e. The van der Waals surface area contributed by atoms with Gasteiger partial charge in [-0.15, -0.1) is 0 Å². The minimum atomic E-state index is -1.05. The fourth-order valence-electron chi connectivity index (χ4n) is 2.11. The first kappa shape index (κ1) is 15.8. The van der Waals surface area contributed by atoms with Crippen LogP contribution in [-0.2, 0) is 0 Å². The fraction of sp³-hybridized carbons (Fsp3) is 0. The number of carboxylic acids is 1. The van der Waals surface area contributed by atoms with Gasteiger partial charge in [0.25, 0.3) is 0 Å². The molecular weight excluding hydrogens is 331 g/mol. The van der Waals surface area contributed by atoms with Crippen molar-refractivity contribution in [3.05, 3.63) is 70.2 Å². The summed E-state index contributed by atoms with van der Waals surface area (Å²) in [6, 6.07) is 12.2. The zero-order chi connectivity index (χ0) is 17.1. The highest BCUT2D eigenvalue weighted by Crippen LogP contribution is 2.17. The molecule has 0 spiro atoms. The second kappa shape index (κ2) is 6.55. The molecule has 120 valence electrons. The van der Waals surface area contributed by atoms with E-state index in [0.29, 0.717) is 17.0 Å². The molecule has 0 unspecified atom stereocenters. The summed E-state index contributed by atoms with van der Waals surface area (Å²) < 4.78 is 14.6. The molecule has 0 radical (unpaired) electrons. The highest BCUT2D eigenvalue weighted by Gasteiger charge is 2.10. The van der Waals surface area contributed by atoms with Crippen LogP contribution in [0.2, 0.25) is 0 Å². The number of hydrogen-bond acceptors (Lipinski definition) is 4. The van der Waals surface area contributed by atoms with Gasteiger partial charge in [-0.25, -0.2) is 14.3 Å². The number of nitrogens with zero attached hydrogens (tertiary/aromatic N) is 3. The zero-order valence-electron chi connectivity index (χ0n) is 12.2. The van der Waals surface area contributed by atoms with Gasteiger partial charge in [-0.05, 0) is 42.5 Å². The number of hydrogen-bond donors (Lipinski definition) is 2. The molecule has 6 nitrogen and oxygen atoms in total. The van der Waals surface area contributed by atoms with Crippen LogP contribution in [0.25, 0.3) is 11.4 Å². The number of carboxylic acid groups (broad SMARTS) is 1. The van der Waals surface area contributed by atoms with E-state index < -0.39 is 5.97 Å². The number of halogens is 1. The number of aromatic nitrogens is 3. The summed E-state index contributed by atoms with van der Waals surface area (Å²) in [5.74, 6) is -1.02. The molecule has 0 aliphatic heterocycles. The maximum atomic E-state index is 13.1. The molecule has 1 heterocycles. The summed E-state index contributed by atoms with van der Waals surface area (Å²) in [4.78, 5) is 11.2. The van der Waals surface area contributed by atoms with Crippen molar-refractivity contribution in [2.24, 2.45) is 5.10 Å². The molecule has 2 aromatic carbocycles. The topological polar surface area (TPSA) is 83.3 Å². The summed E-state index contributed by atoms with van der Waals surface area (Å²) in [5, 5.41) is 20.1. The summed E-state index contributed by atoms with van der Waals surface area (Å²) in [5.41, 5.74) is 1.17. The summed E-state index contributed by atoms with van der Waals surface area (Å²) in [6.07, 6.45) is 1.39. The van der Waals surface area contributed by atoms with Gasteiger partial charge in [-0.3, -0.25) is 0 Å². The Bertz CT molecular complexity index is 976. The largest absolute Gasteiger partial charge is 0.478 e. The Morgan fingerprint density at radius 2 is 1.96 bits per heavy atom. The average Bonchev–Trinajstić information content (AvgIpc) is 2.94. The maximum absolute atomic E-state index is 13.1. The van der Waals surface area contributed by atoms with Crippen molar-refractivity contribution in [1.29, 1.82) is 0 Å². The predicted octanol–water partition coefficient (Wildman–Crippen LogP) is 3.33. The zero-order valence-corrected chi connectivity index (χ0v) is 13.0. The number of aromatic carboxylic acids is 1. The first-order valence-electron chi connectivity index (χ1n) is 6.86. The Balaban J connectivity index is 2.03. The Kier molecular flexibility index (Phi) is 4.30. The third-order valence-electron chi connectivity index (χ3n) is 3.26. The second-order valence-corrected chi connectivity index (χ2v) is 5.19. The molecule has 0 aliphatic carbocycles. The quantitative estimate of drug-likeness (QED) is 0.563. The highest BCUT2D eigenvalue weighted by molar-refractivity contribution is 7.71. The molecule has 0 saturated heterocycles. The predicted molar refractivity (Wildman–Crippen MR) is 89.2 cm³/mol. The Hall–Kier alpha value is -3.13. The Morgan fingerprint density at radius 3 is 2.67 bits per heavy atom. The van der Waals surface area contributed by atoms with Crippen molar-refractivity contribution in [1.82, 2.24) is 14.9 Å². The molecule has 0 aliphatic rings. The fourth-order valence-corrected chi connectivity index (χ4v) is 2.29. The lowest BCUT2D eigenvalue weighted by molar-refractivity contribution is 0.0697.